The third kappa shape index (κ3) is 3.56. The van der Waals surface area contributed by atoms with Gasteiger partial charge < -0.3 is 5.32 Å². The van der Waals surface area contributed by atoms with Gasteiger partial charge in [0.1, 0.15) is 0 Å². The molecule has 0 bridgehead atoms. The van der Waals surface area contributed by atoms with Crippen molar-refractivity contribution in [2.45, 2.75) is 52.5 Å². The van der Waals surface area contributed by atoms with Gasteiger partial charge in [0.15, 0.2) is 0 Å². The summed E-state index contributed by atoms with van der Waals surface area (Å²) < 4.78 is 2.03. The molecule has 3 heteroatoms. The van der Waals surface area contributed by atoms with Crippen molar-refractivity contribution >= 4 is 0 Å². The molecule has 0 fully saturated rings. The van der Waals surface area contributed by atoms with Gasteiger partial charge in [0.2, 0.25) is 0 Å². The molecule has 0 aliphatic carbocycles. The summed E-state index contributed by atoms with van der Waals surface area (Å²) in [5.41, 5.74) is 2.54. The Labute approximate surface area is 106 Å². The van der Waals surface area contributed by atoms with Crippen LogP contribution < -0.4 is 5.32 Å². The van der Waals surface area contributed by atoms with Crippen molar-refractivity contribution in [1.29, 1.82) is 0 Å². The molecule has 1 rings (SSSR count). The molecule has 1 aromatic rings. The van der Waals surface area contributed by atoms with Crippen LogP contribution in [-0.4, -0.2) is 22.9 Å². The summed E-state index contributed by atoms with van der Waals surface area (Å²) in [5, 5.41) is 7.98. The highest BCUT2D eigenvalue weighted by Gasteiger charge is 2.18. The SMILES string of the molecule is CCc1cc(CC(NC)C(CC)CC)n(C)n1. The van der Waals surface area contributed by atoms with E-state index in [1.54, 1.807) is 0 Å². The van der Waals surface area contributed by atoms with Crippen LogP contribution in [0.4, 0.5) is 0 Å². The molecule has 0 aliphatic rings. The first-order chi connectivity index (χ1) is 8.15. The molecular formula is C14H27N3. The van der Waals surface area contributed by atoms with Crippen LogP contribution in [-0.2, 0) is 19.9 Å². The second kappa shape index (κ2) is 6.80. The standard InChI is InChI=1S/C14H27N3/c1-6-11(7-2)14(15-4)10-13-9-12(8-3)16-17(13)5/h9,11,14-15H,6-8,10H2,1-5H3. The molecule has 0 saturated heterocycles. The predicted molar refractivity (Wildman–Crippen MR) is 73.2 cm³/mol. The first-order valence-electron chi connectivity index (χ1n) is 6.85. The third-order valence-electron chi connectivity index (χ3n) is 3.81. The van der Waals surface area contributed by atoms with E-state index in [1.165, 1.54) is 24.2 Å². The van der Waals surface area contributed by atoms with Crippen LogP contribution in [0.3, 0.4) is 0 Å². The minimum atomic E-state index is 0.560. The van der Waals surface area contributed by atoms with E-state index in [4.69, 9.17) is 0 Å². The zero-order chi connectivity index (χ0) is 12.8. The van der Waals surface area contributed by atoms with Gasteiger partial charge in [-0.3, -0.25) is 4.68 Å². The number of likely N-dealkylation sites (N-methyl/N-ethyl adjacent to an activating group) is 1. The molecule has 0 aliphatic heterocycles. The number of hydrogen-bond donors (Lipinski definition) is 1. The normalized spacial score (nSPS) is 13.3. The summed E-state index contributed by atoms with van der Waals surface area (Å²) in [6, 6.07) is 2.80. The van der Waals surface area contributed by atoms with Crippen molar-refractivity contribution in [1.82, 2.24) is 15.1 Å². The maximum absolute atomic E-state index is 4.52. The zero-order valence-corrected chi connectivity index (χ0v) is 12.0. The number of hydrogen-bond acceptors (Lipinski definition) is 2. The lowest BCUT2D eigenvalue weighted by Crippen LogP contribution is -2.35. The van der Waals surface area contributed by atoms with Gasteiger partial charge >= 0.3 is 0 Å². The van der Waals surface area contributed by atoms with Crippen molar-refractivity contribution in [2.24, 2.45) is 13.0 Å². The van der Waals surface area contributed by atoms with Crippen molar-refractivity contribution < 1.29 is 0 Å². The minimum absolute atomic E-state index is 0.560. The van der Waals surface area contributed by atoms with Gasteiger partial charge in [-0.25, -0.2) is 0 Å². The van der Waals surface area contributed by atoms with Gasteiger partial charge in [0, 0.05) is 25.2 Å². The Hall–Kier alpha value is -0.830. The van der Waals surface area contributed by atoms with Crippen molar-refractivity contribution in [3.63, 3.8) is 0 Å². The summed E-state index contributed by atoms with van der Waals surface area (Å²) in [6.45, 7) is 6.71. The average Bonchev–Trinajstić information content (AvgIpc) is 2.70. The average molecular weight is 237 g/mol. The summed E-state index contributed by atoms with van der Waals surface area (Å²) >= 11 is 0. The summed E-state index contributed by atoms with van der Waals surface area (Å²) in [6.07, 6.45) is 4.57. The Morgan fingerprint density at radius 3 is 2.35 bits per heavy atom. The molecule has 0 saturated carbocycles. The van der Waals surface area contributed by atoms with Gasteiger partial charge in [0.05, 0.1) is 5.69 Å². The highest BCUT2D eigenvalue weighted by Crippen LogP contribution is 2.17. The van der Waals surface area contributed by atoms with Crippen LogP contribution in [0.2, 0.25) is 0 Å². The van der Waals surface area contributed by atoms with Gasteiger partial charge in [-0.15, -0.1) is 0 Å². The highest BCUT2D eigenvalue weighted by atomic mass is 15.3. The second-order valence-electron chi connectivity index (χ2n) is 4.78. The highest BCUT2D eigenvalue weighted by molar-refractivity contribution is 5.11. The first kappa shape index (κ1) is 14.2. The van der Waals surface area contributed by atoms with E-state index in [0.717, 1.165) is 18.8 Å². The van der Waals surface area contributed by atoms with E-state index in [2.05, 4.69) is 44.3 Å². The molecule has 0 aromatic carbocycles. The third-order valence-corrected chi connectivity index (χ3v) is 3.81. The first-order valence-corrected chi connectivity index (χ1v) is 6.85. The Morgan fingerprint density at radius 2 is 1.94 bits per heavy atom. The fourth-order valence-electron chi connectivity index (χ4n) is 2.52. The van der Waals surface area contributed by atoms with Crippen molar-refractivity contribution in [3.05, 3.63) is 17.5 Å². The van der Waals surface area contributed by atoms with Crippen LogP contribution in [0.15, 0.2) is 6.07 Å². The Balaban J connectivity index is 2.75. The Morgan fingerprint density at radius 1 is 1.29 bits per heavy atom. The van der Waals surface area contributed by atoms with Crippen LogP contribution in [0, 0.1) is 5.92 Å². The molecule has 1 N–H and O–H groups in total. The van der Waals surface area contributed by atoms with E-state index >= 15 is 0 Å². The lowest BCUT2D eigenvalue weighted by Gasteiger charge is -2.24. The molecule has 1 aromatic heterocycles. The second-order valence-corrected chi connectivity index (χ2v) is 4.78. The monoisotopic (exact) mass is 237 g/mol. The lowest BCUT2D eigenvalue weighted by molar-refractivity contribution is 0.344. The topological polar surface area (TPSA) is 29.9 Å². The molecule has 1 unspecified atom stereocenters. The lowest BCUT2D eigenvalue weighted by atomic mass is 9.91. The zero-order valence-electron chi connectivity index (χ0n) is 12.0. The fraction of sp³-hybridized carbons (Fsp3) is 0.786. The van der Waals surface area contributed by atoms with E-state index in [-0.39, 0.29) is 0 Å². The van der Waals surface area contributed by atoms with E-state index in [9.17, 15) is 0 Å². The maximum atomic E-state index is 4.52. The van der Waals surface area contributed by atoms with Crippen LogP contribution >= 0.6 is 0 Å². The quantitative estimate of drug-likeness (QED) is 0.790. The van der Waals surface area contributed by atoms with E-state index < -0.39 is 0 Å². The number of rotatable bonds is 7. The van der Waals surface area contributed by atoms with Crippen molar-refractivity contribution in [2.75, 3.05) is 7.05 Å². The molecule has 17 heavy (non-hydrogen) atoms. The maximum Gasteiger partial charge on any atom is 0.0624 e. The Bertz CT molecular complexity index is 326. The molecular weight excluding hydrogens is 210 g/mol. The molecule has 0 spiro atoms. The van der Waals surface area contributed by atoms with Gasteiger partial charge in [-0.2, -0.15) is 5.10 Å². The minimum Gasteiger partial charge on any atom is -0.316 e. The largest absolute Gasteiger partial charge is 0.316 e. The Kier molecular flexibility index (Phi) is 5.69. The molecule has 0 radical (unpaired) electrons. The number of nitrogens with zero attached hydrogens (tertiary/aromatic N) is 2. The number of aryl methyl sites for hydroxylation is 2. The summed E-state index contributed by atoms with van der Waals surface area (Å²) in [5.74, 6) is 0.750. The van der Waals surface area contributed by atoms with Gasteiger partial charge in [0.25, 0.3) is 0 Å². The van der Waals surface area contributed by atoms with E-state index in [1.807, 2.05) is 11.7 Å². The van der Waals surface area contributed by atoms with Gasteiger partial charge in [-0.05, 0) is 25.5 Å². The predicted octanol–water partition coefficient (Wildman–Crippen LogP) is 2.55. The van der Waals surface area contributed by atoms with Crippen LogP contribution in [0.5, 0.6) is 0 Å². The molecule has 3 nitrogen and oxygen atoms in total. The molecule has 1 atom stereocenters. The fourth-order valence-corrected chi connectivity index (χ4v) is 2.52. The molecule has 0 amide bonds. The smallest absolute Gasteiger partial charge is 0.0624 e. The van der Waals surface area contributed by atoms with E-state index in [0.29, 0.717) is 6.04 Å². The summed E-state index contributed by atoms with van der Waals surface area (Å²) in [4.78, 5) is 0. The van der Waals surface area contributed by atoms with Crippen LogP contribution in [0.1, 0.15) is 45.0 Å². The van der Waals surface area contributed by atoms with Gasteiger partial charge in [-0.1, -0.05) is 33.6 Å². The van der Waals surface area contributed by atoms with Crippen LogP contribution in [0.25, 0.3) is 0 Å². The number of aromatic nitrogens is 2. The summed E-state index contributed by atoms with van der Waals surface area (Å²) in [7, 11) is 4.12. The van der Waals surface area contributed by atoms with Crippen molar-refractivity contribution in [3.8, 4) is 0 Å². The molecule has 98 valence electrons. The number of nitrogens with one attached hydrogen (secondary N) is 1. The molecule has 1 heterocycles.